The third kappa shape index (κ3) is 5.34. The Hall–Kier alpha value is -0.330. The van der Waals surface area contributed by atoms with Crippen LogP contribution < -0.4 is 5.73 Å². The summed E-state index contributed by atoms with van der Waals surface area (Å²) in [6.07, 6.45) is -3.58. The normalized spacial score (nSPS) is 29.4. The van der Waals surface area contributed by atoms with Crippen molar-refractivity contribution >= 4 is 0 Å². The van der Waals surface area contributed by atoms with Crippen molar-refractivity contribution in [2.45, 2.75) is 25.7 Å². The van der Waals surface area contributed by atoms with Gasteiger partial charge in [0.2, 0.25) is 0 Å². The molecule has 2 unspecified atom stereocenters. The van der Waals surface area contributed by atoms with Gasteiger partial charge in [-0.3, -0.25) is 9.64 Å². The minimum atomic E-state index is -4.52. The van der Waals surface area contributed by atoms with E-state index < -0.39 is 6.36 Å². The number of rotatable bonds is 3. The first-order chi connectivity index (χ1) is 6.87. The molecule has 1 aliphatic heterocycles. The lowest BCUT2D eigenvalue weighted by Crippen LogP contribution is -2.47. The van der Waals surface area contributed by atoms with Gasteiger partial charge in [-0.15, -0.1) is 13.2 Å². The second-order valence-electron chi connectivity index (χ2n) is 4.15. The highest BCUT2D eigenvalue weighted by Crippen LogP contribution is 2.17. The van der Waals surface area contributed by atoms with Gasteiger partial charge in [-0.2, -0.15) is 0 Å². The zero-order valence-electron chi connectivity index (χ0n) is 8.76. The molecule has 0 aromatic carbocycles. The highest BCUT2D eigenvalue weighted by atomic mass is 19.4. The number of nitrogens with two attached hydrogens (primary N) is 1. The van der Waals surface area contributed by atoms with Gasteiger partial charge in [0.05, 0.1) is 6.61 Å². The fourth-order valence-corrected chi connectivity index (χ4v) is 1.99. The summed E-state index contributed by atoms with van der Waals surface area (Å²) < 4.78 is 38.8. The smallest absolute Gasteiger partial charge is 0.327 e. The van der Waals surface area contributed by atoms with E-state index in [0.29, 0.717) is 12.5 Å². The molecule has 2 atom stereocenters. The van der Waals surface area contributed by atoms with Crippen LogP contribution in [-0.4, -0.2) is 43.5 Å². The molecule has 1 fully saturated rings. The molecule has 0 spiro atoms. The third-order valence-electron chi connectivity index (χ3n) is 2.44. The number of halogens is 3. The maximum absolute atomic E-state index is 11.7. The molecule has 1 aliphatic rings. The van der Waals surface area contributed by atoms with Crippen LogP contribution in [0, 0.1) is 5.92 Å². The first-order valence-corrected chi connectivity index (χ1v) is 5.05. The molecule has 15 heavy (non-hydrogen) atoms. The van der Waals surface area contributed by atoms with Gasteiger partial charge in [0.25, 0.3) is 0 Å². The molecular formula is C9H17F3N2O. The summed E-state index contributed by atoms with van der Waals surface area (Å²) in [7, 11) is 0. The Morgan fingerprint density at radius 2 is 2.07 bits per heavy atom. The number of hydrogen-bond donors (Lipinski definition) is 1. The molecule has 0 amide bonds. The SMILES string of the molecule is CC1CC(N)CN(CCOC(F)(F)F)C1. The molecule has 0 aromatic heterocycles. The van der Waals surface area contributed by atoms with Gasteiger partial charge in [-0.1, -0.05) is 6.92 Å². The van der Waals surface area contributed by atoms with Gasteiger partial charge in [0.1, 0.15) is 0 Å². The van der Waals surface area contributed by atoms with Crippen LogP contribution in [0.4, 0.5) is 13.2 Å². The number of alkyl halides is 3. The van der Waals surface area contributed by atoms with Gasteiger partial charge in [0, 0.05) is 25.7 Å². The van der Waals surface area contributed by atoms with Gasteiger partial charge < -0.3 is 5.73 Å². The number of likely N-dealkylation sites (tertiary alicyclic amines) is 1. The minimum Gasteiger partial charge on any atom is -0.327 e. The molecule has 1 saturated heterocycles. The summed E-state index contributed by atoms with van der Waals surface area (Å²) in [6.45, 7) is 3.48. The Morgan fingerprint density at radius 3 is 2.60 bits per heavy atom. The van der Waals surface area contributed by atoms with Crippen LogP contribution in [0.2, 0.25) is 0 Å². The van der Waals surface area contributed by atoms with Crippen molar-refractivity contribution in [3.05, 3.63) is 0 Å². The average molecular weight is 226 g/mol. The summed E-state index contributed by atoms with van der Waals surface area (Å²) in [5.41, 5.74) is 5.77. The monoisotopic (exact) mass is 226 g/mol. The summed E-state index contributed by atoms with van der Waals surface area (Å²) in [6, 6.07) is 0.0691. The lowest BCUT2D eigenvalue weighted by atomic mass is 9.97. The van der Waals surface area contributed by atoms with Gasteiger partial charge in [-0.05, 0) is 12.3 Å². The maximum Gasteiger partial charge on any atom is 0.522 e. The molecule has 2 N–H and O–H groups in total. The van der Waals surface area contributed by atoms with E-state index in [4.69, 9.17) is 5.73 Å². The van der Waals surface area contributed by atoms with E-state index in [1.165, 1.54) is 0 Å². The van der Waals surface area contributed by atoms with Crippen molar-refractivity contribution < 1.29 is 17.9 Å². The standard InChI is InChI=1S/C9H17F3N2O/c1-7-4-8(13)6-14(5-7)2-3-15-9(10,11)12/h7-8H,2-6,13H2,1H3. The van der Waals surface area contributed by atoms with Crippen molar-refractivity contribution in [2.24, 2.45) is 11.7 Å². The molecule has 6 heteroatoms. The lowest BCUT2D eigenvalue weighted by molar-refractivity contribution is -0.325. The van der Waals surface area contributed by atoms with E-state index in [9.17, 15) is 13.2 Å². The van der Waals surface area contributed by atoms with Crippen molar-refractivity contribution in [1.29, 1.82) is 0 Å². The Morgan fingerprint density at radius 1 is 1.40 bits per heavy atom. The van der Waals surface area contributed by atoms with Gasteiger partial charge in [0.15, 0.2) is 0 Å². The Balaban J connectivity index is 2.21. The van der Waals surface area contributed by atoms with Crippen LogP contribution in [0.15, 0.2) is 0 Å². The zero-order chi connectivity index (χ0) is 11.5. The first-order valence-electron chi connectivity index (χ1n) is 5.05. The molecule has 0 radical (unpaired) electrons. The molecule has 1 rings (SSSR count). The van der Waals surface area contributed by atoms with E-state index >= 15 is 0 Å². The Bertz CT molecular complexity index is 188. The van der Waals surface area contributed by atoms with Crippen LogP contribution in [0.5, 0.6) is 0 Å². The highest BCUT2D eigenvalue weighted by molar-refractivity contribution is 4.78. The zero-order valence-corrected chi connectivity index (χ0v) is 8.76. The van der Waals surface area contributed by atoms with Crippen LogP contribution >= 0.6 is 0 Å². The predicted octanol–water partition coefficient (Wildman–Crippen LogP) is 1.19. The molecule has 0 aromatic rings. The largest absolute Gasteiger partial charge is 0.522 e. The van der Waals surface area contributed by atoms with Gasteiger partial charge >= 0.3 is 6.36 Å². The molecular weight excluding hydrogens is 209 g/mol. The van der Waals surface area contributed by atoms with Crippen LogP contribution in [-0.2, 0) is 4.74 Å². The lowest BCUT2D eigenvalue weighted by Gasteiger charge is -2.34. The number of piperidine rings is 1. The number of nitrogens with zero attached hydrogens (tertiary/aromatic N) is 1. The summed E-state index contributed by atoms with van der Waals surface area (Å²) in [4.78, 5) is 1.92. The van der Waals surface area contributed by atoms with Crippen LogP contribution in [0.1, 0.15) is 13.3 Å². The van der Waals surface area contributed by atoms with Crippen molar-refractivity contribution in [2.75, 3.05) is 26.2 Å². The molecule has 1 heterocycles. The van der Waals surface area contributed by atoms with Crippen molar-refractivity contribution in [3.63, 3.8) is 0 Å². The summed E-state index contributed by atoms with van der Waals surface area (Å²) in [5.74, 6) is 0.444. The van der Waals surface area contributed by atoms with E-state index in [1.54, 1.807) is 0 Å². The third-order valence-corrected chi connectivity index (χ3v) is 2.44. The van der Waals surface area contributed by atoms with E-state index in [1.807, 2.05) is 4.90 Å². The quantitative estimate of drug-likeness (QED) is 0.785. The Kier molecular flexibility index (Phi) is 4.36. The van der Waals surface area contributed by atoms with E-state index in [2.05, 4.69) is 11.7 Å². The first kappa shape index (κ1) is 12.7. The van der Waals surface area contributed by atoms with Crippen LogP contribution in [0.3, 0.4) is 0 Å². The van der Waals surface area contributed by atoms with Crippen molar-refractivity contribution in [1.82, 2.24) is 4.90 Å². The van der Waals surface area contributed by atoms with Crippen LogP contribution in [0.25, 0.3) is 0 Å². The minimum absolute atomic E-state index is 0.0691. The van der Waals surface area contributed by atoms with Crippen molar-refractivity contribution in [3.8, 4) is 0 Å². The molecule has 0 bridgehead atoms. The number of ether oxygens (including phenoxy) is 1. The fraction of sp³-hybridized carbons (Fsp3) is 1.00. The molecule has 3 nitrogen and oxygen atoms in total. The highest BCUT2D eigenvalue weighted by Gasteiger charge is 2.29. The second-order valence-corrected chi connectivity index (χ2v) is 4.15. The molecule has 0 saturated carbocycles. The molecule has 0 aliphatic carbocycles. The van der Waals surface area contributed by atoms with E-state index in [0.717, 1.165) is 13.0 Å². The predicted molar refractivity (Wildman–Crippen MR) is 50.2 cm³/mol. The topological polar surface area (TPSA) is 38.5 Å². The molecule has 90 valence electrons. The summed E-state index contributed by atoms with van der Waals surface area (Å²) >= 11 is 0. The second kappa shape index (κ2) is 5.14. The number of hydrogen-bond acceptors (Lipinski definition) is 3. The average Bonchev–Trinajstić information content (AvgIpc) is 1.99. The maximum atomic E-state index is 11.7. The summed E-state index contributed by atoms with van der Waals surface area (Å²) in [5, 5.41) is 0. The van der Waals surface area contributed by atoms with Gasteiger partial charge in [-0.25, -0.2) is 0 Å². The Labute approximate surface area is 87.4 Å². The fourth-order valence-electron chi connectivity index (χ4n) is 1.99. The van der Waals surface area contributed by atoms with E-state index in [-0.39, 0.29) is 19.2 Å².